The minimum absolute atomic E-state index is 0.00582. The van der Waals surface area contributed by atoms with Gasteiger partial charge < -0.3 is 9.80 Å². The Morgan fingerprint density at radius 2 is 1.88 bits per heavy atom. The Hall–Kier alpha value is -3.06. The molecular formula is C27H28ClF3N6O2S. The van der Waals surface area contributed by atoms with Crippen LogP contribution in [-0.2, 0) is 28.3 Å². The number of alkyl halides is 3. The molecule has 1 unspecified atom stereocenters. The van der Waals surface area contributed by atoms with Crippen LogP contribution in [0, 0.1) is 0 Å². The summed E-state index contributed by atoms with van der Waals surface area (Å²) in [5.41, 5.74) is 0.463. The molecule has 0 N–H and O–H groups in total. The van der Waals surface area contributed by atoms with E-state index in [-0.39, 0.29) is 27.2 Å². The first-order valence-electron chi connectivity index (χ1n) is 12.7. The third kappa shape index (κ3) is 6.14. The van der Waals surface area contributed by atoms with Crippen LogP contribution in [0.3, 0.4) is 0 Å². The number of aromatic nitrogens is 2. The highest BCUT2D eigenvalue weighted by Crippen LogP contribution is 2.34. The highest BCUT2D eigenvalue weighted by atomic mass is 35.5. The second-order valence-corrected chi connectivity index (χ2v) is 11.7. The number of amidine groups is 1. The number of likely N-dealkylation sites (N-methyl/N-ethyl adjacent to an activating group) is 2. The fourth-order valence-electron chi connectivity index (χ4n) is 4.75. The summed E-state index contributed by atoms with van der Waals surface area (Å²) in [5, 5.41) is 5.18. The predicted octanol–water partition coefficient (Wildman–Crippen LogP) is 3.92. The number of hydrogen-bond acceptors (Lipinski definition) is 6. The first-order chi connectivity index (χ1) is 19.0. The summed E-state index contributed by atoms with van der Waals surface area (Å²) in [7, 11) is 2.16. The summed E-state index contributed by atoms with van der Waals surface area (Å²) in [4.78, 5) is 23.2. The molecule has 1 atom stereocenters. The van der Waals surface area contributed by atoms with Gasteiger partial charge in [0.1, 0.15) is 15.7 Å². The quantitative estimate of drug-likeness (QED) is 0.404. The molecule has 0 saturated carbocycles. The number of aliphatic imine (C=N–C) groups is 1. The zero-order chi connectivity index (χ0) is 28.6. The van der Waals surface area contributed by atoms with Gasteiger partial charge in [0.15, 0.2) is 0 Å². The van der Waals surface area contributed by atoms with Crippen molar-refractivity contribution in [2.24, 2.45) is 4.99 Å². The SMILES string of the molecule is CN1CCN(CCN(C)C2=NC(=O)C(=Cc3ccc4c(cnn4Cc4ccc(Cl)cc4C(F)(F)F)c3)S2=O)CC1. The minimum Gasteiger partial charge on any atom is -0.351 e. The largest absolute Gasteiger partial charge is 0.416 e. The molecule has 0 radical (unpaired) electrons. The van der Waals surface area contributed by atoms with Gasteiger partial charge in [-0.1, -0.05) is 23.7 Å². The number of fused-ring (bicyclic) bond motifs is 1. The zero-order valence-corrected chi connectivity index (χ0v) is 23.6. The molecule has 0 spiro atoms. The third-order valence-electron chi connectivity index (χ3n) is 7.11. The van der Waals surface area contributed by atoms with Crippen molar-refractivity contribution >= 4 is 50.5 Å². The molecule has 13 heteroatoms. The summed E-state index contributed by atoms with van der Waals surface area (Å²) in [6, 6.07) is 8.84. The predicted molar refractivity (Wildman–Crippen MR) is 150 cm³/mol. The van der Waals surface area contributed by atoms with E-state index in [2.05, 4.69) is 26.9 Å². The van der Waals surface area contributed by atoms with Gasteiger partial charge in [0.25, 0.3) is 5.91 Å². The fraction of sp³-hybridized carbons (Fsp3) is 0.370. The van der Waals surface area contributed by atoms with Crippen LogP contribution >= 0.6 is 11.6 Å². The molecule has 0 aliphatic carbocycles. The maximum atomic E-state index is 13.5. The lowest BCUT2D eigenvalue weighted by molar-refractivity contribution is -0.138. The van der Waals surface area contributed by atoms with Gasteiger partial charge in [0.05, 0.1) is 23.8 Å². The van der Waals surface area contributed by atoms with Crippen molar-refractivity contribution in [3.63, 3.8) is 0 Å². The van der Waals surface area contributed by atoms with E-state index >= 15 is 0 Å². The van der Waals surface area contributed by atoms with Gasteiger partial charge in [-0.3, -0.25) is 14.4 Å². The van der Waals surface area contributed by atoms with Gasteiger partial charge in [-0.2, -0.15) is 23.3 Å². The Bertz CT molecular complexity index is 1530. The Balaban J connectivity index is 1.30. The summed E-state index contributed by atoms with van der Waals surface area (Å²) in [6.45, 7) is 5.22. The monoisotopic (exact) mass is 592 g/mol. The van der Waals surface area contributed by atoms with E-state index < -0.39 is 28.4 Å². The van der Waals surface area contributed by atoms with E-state index in [4.69, 9.17) is 11.6 Å². The molecule has 1 aromatic heterocycles. The van der Waals surface area contributed by atoms with Gasteiger partial charge in [0, 0.05) is 56.7 Å². The second kappa shape index (κ2) is 11.4. The standard InChI is InChI=1S/C27H28ClF3N6O2S/c1-34-7-10-36(11-8-34)12-9-35(2)26-33-25(38)24(40(26)39)14-18-3-6-23-20(13-18)16-32-37(23)17-19-4-5-21(28)15-22(19)27(29,30)31/h3-6,13-16H,7-12,17H2,1-2H3. The molecule has 3 aromatic rings. The lowest BCUT2D eigenvalue weighted by Gasteiger charge is -2.33. The van der Waals surface area contributed by atoms with E-state index in [0.717, 1.165) is 38.8 Å². The maximum absolute atomic E-state index is 13.5. The lowest BCUT2D eigenvalue weighted by Crippen LogP contribution is -2.47. The number of carbonyl (C=O) groups is 1. The highest BCUT2D eigenvalue weighted by Gasteiger charge is 2.34. The summed E-state index contributed by atoms with van der Waals surface area (Å²) < 4.78 is 55.3. The van der Waals surface area contributed by atoms with Crippen molar-refractivity contribution in [1.29, 1.82) is 0 Å². The van der Waals surface area contributed by atoms with Crippen molar-refractivity contribution in [3.05, 3.63) is 69.2 Å². The molecule has 2 aliphatic heterocycles. The van der Waals surface area contributed by atoms with Crippen molar-refractivity contribution in [1.82, 2.24) is 24.5 Å². The number of nitrogens with zero attached hydrogens (tertiary/aromatic N) is 6. The van der Waals surface area contributed by atoms with Crippen molar-refractivity contribution in [2.75, 3.05) is 53.4 Å². The van der Waals surface area contributed by atoms with Gasteiger partial charge in [-0.15, -0.1) is 0 Å². The first-order valence-corrected chi connectivity index (χ1v) is 14.2. The minimum atomic E-state index is -4.55. The van der Waals surface area contributed by atoms with Crippen LogP contribution in [0.2, 0.25) is 5.02 Å². The molecule has 3 heterocycles. The number of rotatable bonds is 6. The van der Waals surface area contributed by atoms with E-state index in [1.165, 1.54) is 16.8 Å². The van der Waals surface area contributed by atoms with Gasteiger partial charge in [0.2, 0.25) is 5.17 Å². The molecule has 1 amide bonds. The van der Waals surface area contributed by atoms with Crippen LogP contribution in [0.15, 0.2) is 52.5 Å². The van der Waals surface area contributed by atoms with Gasteiger partial charge in [-0.05, 0) is 48.5 Å². The van der Waals surface area contributed by atoms with E-state index in [1.54, 1.807) is 42.4 Å². The molecule has 40 heavy (non-hydrogen) atoms. The molecule has 1 fully saturated rings. The van der Waals surface area contributed by atoms with Crippen molar-refractivity contribution in [3.8, 4) is 0 Å². The Morgan fingerprint density at radius 3 is 2.60 bits per heavy atom. The molecule has 212 valence electrons. The summed E-state index contributed by atoms with van der Waals surface area (Å²) in [5.74, 6) is -0.544. The van der Waals surface area contributed by atoms with Crippen LogP contribution in [0.4, 0.5) is 13.2 Å². The number of carbonyl (C=O) groups excluding carboxylic acids is 1. The van der Waals surface area contributed by atoms with Crippen LogP contribution in [-0.4, -0.2) is 93.1 Å². The number of hydrogen-bond donors (Lipinski definition) is 0. The average molecular weight is 593 g/mol. The Morgan fingerprint density at radius 1 is 1.12 bits per heavy atom. The second-order valence-electron chi connectivity index (χ2n) is 9.96. The van der Waals surface area contributed by atoms with Gasteiger partial charge in [-0.25, -0.2) is 4.21 Å². The first kappa shape index (κ1) is 28.5. The molecule has 1 saturated heterocycles. The maximum Gasteiger partial charge on any atom is 0.416 e. The van der Waals surface area contributed by atoms with E-state index in [1.807, 2.05) is 0 Å². The van der Waals surface area contributed by atoms with Crippen molar-refractivity contribution < 1.29 is 22.2 Å². The van der Waals surface area contributed by atoms with Crippen molar-refractivity contribution in [2.45, 2.75) is 12.7 Å². The lowest BCUT2D eigenvalue weighted by atomic mass is 10.1. The highest BCUT2D eigenvalue weighted by molar-refractivity contribution is 8.05. The smallest absolute Gasteiger partial charge is 0.351 e. The van der Waals surface area contributed by atoms with Crippen LogP contribution in [0.5, 0.6) is 0 Å². The number of piperazine rings is 1. The topological polar surface area (TPSA) is 74.0 Å². The van der Waals surface area contributed by atoms with Crippen LogP contribution < -0.4 is 0 Å². The number of benzene rings is 2. The number of amides is 1. The average Bonchev–Trinajstić information content (AvgIpc) is 3.43. The molecule has 2 aromatic carbocycles. The molecule has 5 rings (SSSR count). The molecule has 2 aliphatic rings. The molecule has 0 bridgehead atoms. The fourth-order valence-corrected chi connectivity index (χ4v) is 6.10. The molecular weight excluding hydrogens is 565 g/mol. The summed E-state index contributed by atoms with van der Waals surface area (Å²) >= 11 is 5.80. The normalized spacial score (nSPS) is 20.1. The van der Waals surface area contributed by atoms with Crippen LogP contribution in [0.1, 0.15) is 16.7 Å². The van der Waals surface area contributed by atoms with E-state index in [9.17, 15) is 22.2 Å². The third-order valence-corrected chi connectivity index (χ3v) is 8.77. The van der Waals surface area contributed by atoms with E-state index in [0.29, 0.717) is 23.0 Å². The number of halogens is 4. The molecule has 8 nitrogen and oxygen atoms in total. The Labute approximate surface area is 237 Å². The van der Waals surface area contributed by atoms with Gasteiger partial charge >= 0.3 is 6.18 Å². The summed E-state index contributed by atoms with van der Waals surface area (Å²) in [6.07, 6.45) is -1.46. The Kier molecular flexibility index (Phi) is 8.14. The van der Waals surface area contributed by atoms with Crippen LogP contribution in [0.25, 0.3) is 17.0 Å². The zero-order valence-electron chi connectivity index (χ0n) is 22.0.